The summed E-state index contributed by atoms with van der Waals surface area (Å²) in [6.07, 6.45) is -0.317. The van der Waals surface area contributed by atoms with Gasteiger partial charge in [0.05, 0.1) is 45.8 Å². The van der Waals surface area contributed by atoms with Crippen LogP contribution in [-0.2, 0) is 26.0 Å². The highest BCUT2D eigenvalue weighted by atomic mass is 35.5. The van der Waals surface area contributed by atoms with Gasteiger partial charge in [0.2, 0.25) is 5.91 Å². The summed E-state index contributed by atoms with van der Waals surface area (Å²) in [5.41, 5.74) is 2.43. The van der Waals surface area contributed by atoms with Gasteiger partial charge in [-0.25, -0.2) is 23.5 Å². The summed E-state index contributed by atoms with van der Waals surface area (Å²) in [6.45, 7) is 5.11. The fraction of sp³-hybridized carbons (Fsp3) is 0.333. The predicted molar refractivity (Wildman–Crippen MR) is 120 cm³/mol. The van der Waals surface area contributed by atoms with E-state index in [2.05, 4.69) is 4.98 Å². The first-order valence-corrected chi connectivity index (χ1v) is 11.9. The van der Waals surface area contributed by atoms with Crippen molar-refractivity contribution in [1.82, 2.24) is 14.5 Å². The Hall–Kier alpha value is -2.53. The summed E-state index contributed by atoms with van der Waals surface area (Å²) in [5.74, 6) is -0.534. The summed E-state index contributed by atoms with van der Waals surface area (Å²) in [4.78, 5) is 18.0. The number of aromatic nitrogens is 2. The van der Waals surface area contributed by atoms with Crippen LogP contribution in [0.15, 0.2) is 35.2 Å². The molecule has 1 saturated heterocycles. The number of carbonyl (C=O) groups excluding carboxylic acids is 1. The number of nitrogens with one attached hydrogen (secondary N) is 1. The molecule has 1 amide bonds. The third kappa shape index (κ3) is 4.36. The average Bonchev–Trinajstić information content (AvgIpc) is 3.04. The maximum atomic E-state index is 15.2. The second kappa shape index (κ2) is 8.43. The smallest absolute Gasteiger partial charge is 0.219 e. The molecule has 0 radical (unpaired) electrons. The number of hydrogen-bond donors (Lipinski definition) is 2. The average molecular weight is 480 g/mol. The third-order valence-corrected chi connectivity index (χ3v) is 6.70. The Labute approximate surface area is 190 Å². The molecule has 1 aliphatic rings. The molecule has 170 valence electrons. The molecule has 0 bridgehead atoms. The summed E-state index contributed by atoms with van der Waals surface area (Å²) in [6, 6.07) is 7.90. The lowest BCUT2D eigenvalue weighted by atomic mass is 10.2. The number of rotatable bonds is 4. The number of morpholine rings is 1. The van der Waals surface area contributed by atoms with Gasteiger partial charge in [0, 0.05) is 20.0 Å². The molecule has 2 aromatic carbocycles. The van der Waals surface area contributed by atoms with E-state index in [1.807, 2.05) is 29.7 Å². The molecule has 0 spiro atoms. The van der Waals surface area contributed by atoms with E-state index < -0.39 is 15.7 Å². The van der Waals surface area contributed by atoms with Gasteiger partial charge < -0.3 is 14.2 Å². The van der Waals surface area contributed by atoms with Gasteiger partial charge in [0.1, 0.15) is 21.6 Å². The van der Waals surface area contributed by atoms with Gasteiger partial charge in [-0.3, -0.25) is 4.79 Å². The highest BCUT2D eigenvalue weighted by molar-refractivity contribution is 7.90. The molecule has 2 atom stereocenters. The predicted octanol–water partition coefficient (Wildman–Crippen LogP) is 3.33. The van der Waals surface area contributed by atoms with E-state index in [4.69, 9.17) is 26.3 Å². The van der Waals surface area contributed by atoms with Gasteiger partial charge >= 0.3 is 0 Å². The zero-order chi connectivity index (χ0) is 23.2. The van der Waals surface area contributed by atoms with Gasteiger partial charge in [0.15, 0.2) is 0 Å². The van der Waals surface area contributed by atoms with Crippen molar-refractivity contribution in [2.45, 2.75) is 31.4 Å². The normalized spacial score (nSPS) is 18.7. The third-order valence-electron chi connectivity index (χ3n) is 5.46. The Morgan fingerprint density at radius 2 is 2.16 bits per heavy atom. The van der Waals surface area contributed by atoms with Crippen molar-refractivity contribution in [3.05, 3.63) is 46.7 Å². The first-order valence-electron chi connectivity index (χ1n) is 9.94. The molecule has 32 heavy (non-hydrogen) atoms. The largest absolute Gasteiger partial charge is 0.373 e. The van der Waals surface area contributed by atoms with Gasteiger partial charge in [-0.05, 0) is 36.8 Å². The molecule has 3 N–H and O–H groups in total. The zero-order valence-corrected chi connectivity index (χ0v) is 19.2. The van der Waals surface area contributed by atoms with E-state index in [9.17, 15) is 9.00 Å². The number of amides is 1. The van der Waals surface area contributed by atoms with E-state index in [1.54, 1.807) is 4.90 Å². The number of halogens is 2. The number of nitrogens with zero attached hydrogens (tertiary/aromatic N) is 3. The Morgan fingerprint density at radius 1 is 1.41 bits per heavy atom. The van der Waals surface area contributed by atoms with Crippen LogP contribution in [0.25, 0.3) is 22.4 Å². The second-order valence-electron chi connectivity index (χ2n) is 7.86. The minimum atomic E-state index is -3.63. The number of aryl methyl sites for hydroxylation is 1. The van der Waals surface area contributed by atoms with Crippen molar-refractivity contribution in [3.63, 3.8) is 0 Å². The summed E-state index contributed by atoms with van der Waals surface area (Å²) in [7, 11) is -3.63. The standard InChI is InChI=1S/C21H23ClFN5O3S/c1-12-3-4-19-18(7-12)26-21(20-16(22)8-15(9-17(20)23)32(24,25)30)28(19)11-14-10-27(13(2)29)5-6-31-14/h3-4,7-9,14H,5-6,10-11H2,1-2H3,(H3,24,25,30)/t14-/m1/s1. The van der Waals surface area contributed by atoms with Crippen LogP contribution in [-0.4, -0.2) is 50.4 Å². The Balaban J connectivity index is 1.85. The number of carbonyl (C=O) groups is 1. The highest BCUT2D eigenvalue weighted by Gasteiger charge is 2.27. The molecule has 1 fully saturated rings. The zero-order valence-electron chi connectivity index (χ0n) is 17.6. The first kappa shape index (κ1) is 22.7. The van der Waals surface area contributed by atoms with Crippen molar-refractivity contribution in [2.75, 3.05) is 19.7 Å². The molecule has 11 heteroatoms. The van der Waals surface area contributed by atoms with E-state index >= 15 is 4.39 Å². The van der Waals surface area contributed by atoms with Crippen LogP contribution < -0.4 is 5.14 Å². The summed E-state index contributed by atoms with van der Waals surface area (Å²) in [5, 5.41) is 5.30. The first-order chi connectivity index (χ1) is 15.0. The topological polar surface area (TPSA) is 114 Å². The monoisotopic (exact) mass is 479 g/mol. The fourth-order valence-electron chi connectivity index (χ4n) is 3.87. The number of hydrogen-bond acceptors (Lipinski definition) is 5. The number of ether oxygens (including phenoxy) is 1. The molecule has 2 heterocycles. The van der Waals surface area contributed by atoms with Crippen molar-refractivity contribution in [3.8, 4) is 11.4 Å². The van der Waals surface area contributed by atoms with E-state index in [0.29, 0.717) is 31.8 Å². The fourth-order valence-corrected chi connectivity index (χ4v) is 4.80. The lowest BCUT2D eigenvalue weighted by Gasteiger charge is -2.32. The molecule has 0 saturated carbocycles. The van der Waals surface area contributed by atoms with Crippen LogP contribution in [0, 0.1) is 17.5 Å². The van der Waals surface area contributed by atoms with Gasteiger partial charge in [-0.1, -0.05) is 17.7 Å². The van der Waals surface area contributed by atoms with Crippen LogP contribution >= 0.6 is 11.6 Å². The SMILES string of the molecule is CC(=O)N1CCO[C@@H](Cn2c(-c3c(F)cc(S(=N)(N)=O)cc3Cl)nc3cc(C)ccc32)C1. The molecule has 0 aliphatic carbocycles. The Kier molecular flexibility index (Phi) is 5.97. The molecular formula is C21H23ClFN5O3S. The second-order valence-corrected chi connectivity index (χ2v) is 9.94. The van der Waals surface area contributed by atoms with Crippen molar-refractivity contribution >= 4 is 38.5 Å². The van der Waals surface area contributed by atoms with Crippen molar-refractivity contribution in [1.29, 1.82) is 4.78 Å². The lowest BCUT2D eigenvalue weighted by molar-refractivity contribution is -0.136. The minimum Gasteiger partial charge on any atom is -0.373 e. The molecule has 3 aromatic rings. The number of fused-ring (bicyclic) bond motifs is 1. The van der Waals surface area contributed by atoms with E-state index in [0.717, 1.165) is 17.1 Å². The molecule has 4 rings (SSSR count). The molecule has 8 nitrogen and oxygen atoms in total. The van der Waals surface area contributed by atoms with E-state index in [1.165, 1.54) is 13.0 Å². The Morgan fingerprint density at radius 3 is 2.81 bits per heavy atom. The number of imidazole rings is 1. The van der Waals surface area contributed by atoms with Crippen LogP contribution in [0.2, 0.25) is 5.02 Å². The minimum absolute atomic E-state index is 0.0205. The quantitative estimate of drug-likeness (QED) is 0.597. The number of benzene rings is 2. The molecule has 1 aliphatic heterocycles. The summed E-state index contributed by atoms with van der Waals surface area (Å²) < 4.78 is 42.3. The van der Waals surface area contributed by atoms with E-state index in [-0.39, 0.29) is 33.3 Å². The molecule has 1 aromatic heterocycles. The maximum Gasteiger partial charge on any atom is 0.219 e. The molecule has 1 unspecified atom stereocenters. The van der Waals surface area contributed by atoms with Gasteiger partial charge in [0.25, 0.3) is 0 Å². The van der Waals surface area contributed by atoms with Crippen LogP contribution in [0.5, 0.6) is 0 Å². The van der Waals surface area contributed by atoms with Crippen molar-refractivity contribution < 1.29 is 18.1 Å². The van der Waals surface area contributed by atoms with Crippen LogP contribution in [0.4, 0.5) is 4.39 Å². The summed E-state index contributed by atoms with van der Waals surface area (Å²) >= 11 is 6.37. The maximum absolute atomic E-state index is 15.2. The van der Waals surface area contributed by atoms with Crippen LogP contribution in [0.3, 0.4) is 0 Å². The van der Waals surface area contributed by atoms with Gasteiger partial charge in [-0.15, -0.1) is 0 Å². The Bertz CT molecular complexity index is 1300. The lowest BCUT2D eigenvalue weighted by Crippen LogP contribution is -2.46. The van der Waals surface area contributed by atoms with Crippen molar-refractivity contribution in [2.24, 2.45) is 5.14 Å². The van der Waals surface area contributed by atoms with Crippen LogP contribution in [0.1, 0.15) is 12.5 Å². The van der Waals surface area contributed by atoms with Gasteiger partial charge in [-0.2, -0.15) is 0 Å². The number of nitrogens with two attached hydrogens (primary N) is 1. The highest BCUT2D eigenvalue weighted by Crippen LogP contribution is 2.35. The molecular weight excluding hydrogens is 457 g/mol.